The summed E-state index contributed by atoms with van der Waals surface area (Å²) >= 11 is 0. The van der Waals surface area contributed by atoms with Crippen molar-refractivity contribution in [2.24, 2.45) is 0 Å². The summed E-state index contributed by atoms with van der Waals surface area (Å²) in [6.45, 7) is 9.70. The van der Waals surface area contributed by atoms with Gasteiger partial charge in [0.2, 0.25) is 0 Å². The maximum absolute atomic E-state index is 5.60. The Balaban J connectivity index is 3.79. The van der Waals surface area contributed by atoms with E-state index in [-0.39, 0.29) is 0 Å². The van der Waals surface area contributed by atoms with Crippen LogP contribution in [0, 0.1) is 6.42 Å². The summed E-state index contributed by atoms with van der Waals surface area (Å²) in [6, 6.07) is 0.981. The molecule has 0 spiro atoms. The highest BCUT2D eigenvalue weighted by atomic mass is 28.4. The molecule has 0 heterocycles. The molecule has 0 aliphatic rings. The Morgan fingerprint density at radius 2 is 1.64 bits per heavy atom. The van der Waals surface area contributed by atoms with Gasteiger partial charge in [0, 0.05) is 13.2 Å². The summed E-state index contributed by atoms with van der Waals surface area (Å²) < 4.78 is 11.2. The highest BCUT2D eigenvalue weighted by molar-refractivity contribution is 6.66. The number of hydrogen-bond acceptors (Lipinski definition) is 2. The van der Waals surface area contributed by atoms with Gasteiger partial charge in [0.1, 0.15) is 0 Å². The van der Waals surface area contributed by atoms with Crippen molar-refractivity contribution >= 4 is 8.56 Å². The van der Waals surface area contributed by atoms with E-state index in [4.69, 9.17) is 8.85 Å². The molecule has 0 aromatic rings. The molecule has 0 aliphatic heterocycles. The minimum Gasteiger partial charge on any atom is -0.395 e. The molecule has 0 atom stereocenters. The van der Waals surface area contributed by atoms with Gasteiger partial charge in [-0.25, -0.2) is 0 Å². The van der Waals surface area contributed by atoms with E-state index >= 15 is 0 Å². The molecule has 0 N–H and O–H groups in total. The predicted molar refractivity (Wildman–Crippen MR) is 49.7 cm³/mol. The monoisotopic (exact) mass is 175 g/mol. The summed E-state index contributed by atoms with van der Waals surface area (Å²) in [7, 11) is -1.80. The van der Waals surface area contributed by atoms with Crippen LogP contribution in [0.4, 0.5) is 0 Å². The molecule has 0 unspecified atom stereocenters. The van der Waals surface area contributed by atoms with Gasteiger partial charge in [-0.05, 0) is 32.9 Å². The van der Waals surface area contributed by atoms with Gasteiger partial charge < -0.3 is 8.85 Å². The van der Waals surface area contributed by atoms with E-state index in [1.807, 2.05) is 20.8 Å². The lowest BCUT2D eigenvalue weighted by molar-refractivity contribution is 0.191. The van der Waals surface area contributed by atoms with Crippen molar-refractivity contribution in [2.75, 3.05) is 13.2 Å². The summed E-state index contributed by atoms with van der Waals surface area (Å²) in [5, 5.41) is 0. The summed E-state index contributed by atoms with van der Waals surface area (Å²) in [6.07, 6.45) is 2.12. The van der Waals surface area contributed by atoms with Crippen LogP contribution in [0.3, 0.4) is 0 Å². The van der Waals surface area contributed by atoms with Crippen molar-refractivity contribution in [3.63, 3.8) is 0 Å². The van der Waals surface area contributed by atoms with Crippen molar-refractivity contribution in [1.82, 2.24) is 0 Å². The van der Waals surface area contributed by atoms with E-state index < -0.39 is 8.56 Å². The van der Waals surface area contributed by atoms with Gasteiger partial charge in [-0.2, -0.15) is 0 Å². The highest BCUT2D eigenvalue weighted by Crippen LogP contribution is 2.14. The number of hydrogen-bond donors (Lipinski definition) is 0. The van der Waals surface area contributed by atoms with Crippen molar-refractivity contribution in [1.29, 1.82) is 0 Å². The molecule has 11 heavy (non-hydrogen) atoms. The molecule has 0 aromatic carbocycles. The van der Waals surface area contributed by atoms with Crippen LogP contribution in [0.5, 0.6) is 0 Å². The van der Waals surface area contributed by atoms with Gasteiger partial charge in [-0.15, -0.1) is 0 Å². The molecule has 0 aromatic heterocycles. The van der Waals surface area contributed by atoms with E-state index in [0.717, 1.165) is 19.3 Å². The van der Waals surface area contributed by atoms with Crippen LogP contribution < -0.4 is 0 Å². The molecular formula is C8H19O2Si. The van der Waals surface area contributed by atoms with E-state index in [2.05, 4.69) is 13.0 Å². The Morgan fingerprint density at radius 1 is 1.18 bits per heavy atom. The Hall–Kier alpha value is 0.137. The normalized spacial score (nSPS) is 12.0. The molecule has 1 radical (unpaired) electrons. The molecule has 0 saturated heterocycles. The Bertz CT molecular complexity index is 79.1. The minimum absolute atomic E-state index is 0.760. The fraction of sp³-hybridized carbons (Fsp3) is 0.875. The molecule has 0 aliphatic carbocycles. The molecule has 0 bridgehead atoms. The van der Waals surface area contributed by atoms with Gasteiger partial charge in [-0.1, -0.05) is 6.92 Å². The maximum Gasteiger partial charge on any atom is 0.335 e. The van der Waals surface area contributed by atoms with Crippen LogP contribution in [0.15, 0.2) is 0 Å². The van der Waals surface area contributed by atoms with Crippen LogP contribution in [0.1, 0.15) is 20.8 Å². The lowest BCUT2D eigenvalue weighted by atomic mass is 10.6. The first-order valence-corrected chi connectivity index (χ1v) is 6.76. The molecule has 67 valence electrons. The third-order valence-corrected chi connectivity index (χ3v) is 4.42. The fourth-order valence-corrected chi connectivity index (χ4v) is 3.42. The van der Waals surface area contributed by atoms with Crippen LogP contribution in [0.2, 0.25) is 12.6 Å². The second-order valence-electron chi connectivity index (χ2n) is 2.61. The van der Waals surface area contributed by atoms with Gasteiger partial charge in [-0.3, -0.25) is 0 Å². The molecule has 0 amide bonds. The zero-order valence-corrected chi connectivity index (χ0v) is 9.02. The summed E-state index contributed by atoms with van der Waals surface area (Å²) in [4.78, 5) is 0. The SMILES string of the molecule is C[CH]C[Si](C)(OCC)OCC. The van der Waals surface area contributed by atoms with Gasteiger partial charge in [0.25, 0.3) is 0 Å². The van der Waals surface area contributed by atoms with Crippen LogP contribution in [-0.2, 0) is 8.85 Å². The Morgan fingerprint density at radius 3 is 1.91 bits per heavy atom. The minimum atomic E-state index is -1.80. The lowest BCUT2D eigenvalue weighted by Crippen LogP contribution is -2.38. The van der Waals surface area contributed by atoms with Crippen LogP contribution >= 0.6 is 0 Å². The highest BCUT2D eigenvalue weighted by Gasteiger charge is 2.28. The third kappa shape index (κ3) is 4.56. The largest absolute Gasteiger partial charge is 0.395 e. The first-order valence-electron chi connectivity index (χ1n) is 4.24. The molecular weight excluding hydrogens is 156 g/mol. The van der Waals surface area contributed by atoms with E-state index in [1.54, 1.807) is 0 Å². The maximum atomic E-state index is 5.60. The average Bonchev–Trinajstić information content (AvgIpc) is 1.88. The van der Waals surface area contributed by atoms with Gasteiger partial charge >= 0.3 is 8.56 Å². The van der Waals surface area contributed by atoms with E-state index in [1.165, 1.54) is 0 Å². The van der Waals surface area contributed by atoms with Crippen molar-refractivity contribution in [2.45, 2.75) is 33.4 Å². The summed E-state index contributed by atoms with van der Waals surface area (Å²) in [5.41, 5.74) is 0. The van der Waals surface area contributed by atoms with Gasteiger partial charge in [0.15, 0.2) is 0 Å². The molecule has 0 saturated carbocycles. The standard InChI is InChI=1S/C8H19O2Si/c1-5-8-11(4,9-6-2)10-7-3/h5H,6-8H2,1-4H3. The van der Waals surface area contributed by atoms with Gasteiger partial charge in [0.05, 0.1) is 0 Å². The smallest absolute Gasteiger partial charge is 0.335 e. The first kappa shape index (κ1) is 11.1. The van der Waals surface area contributed by atoms with Crippen LogP contribution in [0.25, 0.3) is 0 Å². The fourth-order valence-electron chi connectivity index (χ4n) is 1.14. The second kappa shape index (κ2) is 5.74. The van der Waals surface area contributed by atoms with Crippen LogP contribution in [-0.4, -0.2) is 21.8 Å². The van der Waals surface area contributed by atoms with Crippen molar-refractivity contribution < 1.29 is 8.85 Å². The van der Waals surface area contributed by atoms with E-state index in [9.17, 15) is 0 Å². The number of rotatable bonds is 6. The zero-order valence-electron chi connectivity index (χ0n) is 8.02. The third-order valence-electron chi connectivity index (χ3n) is 1.47. The molecule has 0 rings (SSSR count). The quantitative estimate of drug-likeness (QED) is 0.577. The van der Waals surface area contributed by atoms with E-state index in [0.29, 0.717) is 0 Å². The predicted octanol–water partition coefficient (Wildman–Crippen LogP) is 2.36. The lowest BCUT2D eigenvalue weighted by Gasteiger charge is -2.25. The topological polar surface area (TPSA) is 18.5 Å². The van der Waals surface area contributed by atoms with Crippen molar-refractivity contribution in [3.05, 3.63) is 6.42 Å². The summed E-state index contributed by atoms with van der Waals surface area (Å²) in [5.74, 6) is 0. The molecule has 0 fully saturated rings. The second-order valence-corrected chi connectivity index (χ2v) is 5.87. The Kier molecular flexibility index (Phi) is 5.82. The molecule has 2 nitrogen and oxygen atoms in total. The van der Waals surface area contributed by atoms with Crippen molar-refractivity contribution in [3.8, 4) is 0 Å². The Labute approximate surface area is 71.1 Å². The average molecular weight is 175 g/mol. The molecule has 3 heteroatoms. The first-order chi connectivity index (χ1) is 5.18. The zero-order chi connectivity index (χ0) is 8.74.